The van der Waals surface area contributed by atoms with Crippen molar-refractivity contribution in [2.24, 2.45) is 0 Å². The summed E-state index contributed by atoms with van der Waals surface area (Å²) in [7, 11) is 5.93. The summed E-state index contributed by atoms with van der Waals surface area (Å²) in [6.45, 7) is 4.76. The monoisotopic (exact) mass is 1000 g/mol. The van der Waals surface area contributed by atoms with Crippen molar-refractivity contribution in [1.82, 2.24) is 0 Å². The molecule has 0 aromatic heterocycles. The maximum atomic E-state index is 12.9. The van der Waals surface area contributed by atoms with E-state index >= 15 is 0 Å². The van der Waals surface area contributed by atoms with Crippen molar-refractivity contribution < 1.29 is 42.9 Å². The van der Waals surface area contributed by atoms with Crippen molar-refractivity contribution in [2.45, 2.75) is 296 Å². The summed E-state index contributed by atoms with van der Waals surface area (Å²) in [6.07, 6.45) is 62.0. The standard InChI is InChI=1S/C62H115NO8/c1-6-8-10-12-14-16-18-20-22-24-26-27-28-29-30-31-32-33-35-36-38-40-42-44-46-48-50-52-59(64)69-56-58(57-70-62(61(66)67)68-55-54-63(3,4)5)71-60(65)53-51-49-47-45-43-41-39-37-34-25-23-21-19-17-15-13-11-9-7-2/h15,17,21,23-24,26,58,62H,6-14,16,18-20,22,25,27-57H2,1-5H3/b17-15-,23-21-,26-24-. The van der Waals surface area contributed by atoms with E-state index < -0.39 is 24.3 Å². The smallest absolute Gasteiger partial charge is 0.306 e. The average Bonchev–Trinajstić information content (AvgIpc) is 3.34. The minimum atomic E-state index is -1.62. The second-order valence-corrected chi connectivity index (χ2v) is 21.6. The maximum absolute atomic E-state index is 12.9. The first-order chi connectivity index (χ1) is 34.6. The van der Waals surface area contributed by atoms with Crippen molar-refractivity contribution in [3.63, 3.8) is 0 Å². The first-order valence-corrected chi connectivity index (χ1v) is 30.1. The number of carboxylic acid groups (broad SMARTS) is 1. The molecule has 0 saturated carbocycles. The fourth-order valence-corrected chi connectivity index (χ4v) is 8.68. The van der Waals surface area contributed by atoms with Crippen LogP contribution in [0.4, 0.5) is 0 Å². The van der Waals surface area contributed by atoms with E-state index in [1.54, 1.807) is 0 Å². The maximum Gasteiger partial charge on any atom is 0.306 e. The lowest BCUT2D eigenvalue weighted by molar-refractivity contribution is -0.870. The molecule has 0 N–H and O–H groups in total. The molecule has 0 radical (unpaired) electrons. The van der Waals surface area contributed by atoms with E-state index in [-0.39, 0.29) is 32.2 Å². The van der Waals surface area contributed by atoms with Gasteiger partial charge in [0.05, 0.1) is 40.3 Å². The number of nitrogens with zero attached hydrogens (tertiary/aromatic N) is 1. The lowest BCUT2D eigenvalue weighted by Crippen LogP contribution is -2.44. The molecule has 0 saturated heterocycles. The van der Waals surface area contributed by atoms with E-state index in [2.05, 4.69) is 50.3 Å². The molecule has 0 amide bonds. The molecular formula is C62H115NO8. The van der Waals surface area contributed by atoms with Crippen LogP contribution in [0, 0.1) is 0 Å². The summed E-state index contributed by atoms with van der Waals surface area (Å²) >= 11 is 0. The molecule has 0 spiro atoms. The number of likely N-dealkylation sites (N-methyl/N-ethyl adjacent to an activating group) is 1. The number of ether oxygens (including phenoxy) is 4. The number of hydrogen-bond acceptors (Lipinski definition) is 8. The summed E-state index contributed by atoms with van der Waals surface area (Å²) in [6, 6.07) is 0. The summed E-state index contributed by atoms with van der Waals surface area (Å²) < 4.78 is 22.7. The molecule has 2 unspecified atom stereocenters. The number of carboxylic acids is 1. The molecule has 0 aliphatic rings. The second-order valence-electron chi connectivity index (χ2n) is 21.6. The highest BCUT2D eigenvalue weighted by Crippen LogP contribution is 2.17. The zero-order valence-electron chi connectivity index (χ0n) is 47.4. The zero-order valence-corrected chi connectivity index (χ0v) is 47.4. The Hall–Kier alpha value is -2.49. The summed E-state index contributed by atoms with van der Waals surface area (Å²) in [5, 5.41) is 11.8. The van der Waals surface area contributed by atoms with Gasteiger partial charge in [0, 0.05) is 12.8 Å². The Morgan fingerprint density at radius 3 is 1.15 bits per heavy atom. The molecule has 0 aromatic rings. The number of rotatable bonds is 56. The van der Waals surface area contributed by atoms with Crippen molar-refractivity contribution in [2.75, 3.05) is 47.5 Å². The molecule has 9 nitrogen and oxygen atoms in total. The van der Waals surface area contributed by atoms with Gasteiger partial charge in [0.25, 0.3) is 0 Å². The first-order valence-electron chi connectivity index (χ1n) is 30.1. The van der Waals surface area contributed by atoms with Crippen molar-refractivity contribution >= 4 is 17.9 Å². The van der Waals surface area contributed by atoms with Crippen molar-refractivity contribution in [3.05, 3.63) is 36.5 Å². The lowest BCUT2D eigenvalue weighted by atomic mass is 10.0. The number of esters is 2. The van der Waals surface area contributed by atoms with Crippen LogP contribution >= 0.6 is 0 Å². The molecule has 0 aliphatic carbocycles. The van der Waals surface area contributed by atoms with Gasteiger partial charge in [0.1, 0.15) is 13.2 Å². The van der Waals surface area contributed by atoms with E-state index in [1.807, 2.05) is 21.1 Å². The number of quaternary nitrogens is 1. The number of allylic oxidation sites excluding steroid dienone is 6. The van der Waals surface area contributed by atoms with Crippen LogP contribution in [-0.2, 0) is 33.3 Å². The van der Waals surface area contributed by atoms with Gasteiger partial charge in [-0.05, 0) is 70.6 Å². The Morgan fingerprint density at radius 1 is 0.423 bits per heavy atom. The van der Waals surface area contributed by atoms with Crippen LogP contribution in [0.15, 0.2) is 36.5 Å². The molecule has 0 aliphatic heterocycles. The summed E-state index contributed by atoms with van der Waals surface area (Å²) in [5.74, 6) is -2.27. The Balaban J connectivity index is 4.17. The minimum Gasteiger partial charge on any atom is -0.545 e. The molecule has 0 rings (SSSR count). The van der Waals surface area contributed by atoms with E-state index in [0.29, 0.717) is 23.9 Å². The van der Waals surface area contributed by atoms with Gasteiger partial charge in [-0.2, -0.15) is 0 Å². The Labute approximate surface area is 439 Å². The third-order valence-corrected chi connectivity index (χ3v) is 13.4. The Kier molecular flexibility index (Phi) is 51.9. The molecule has 0 heterocycles. The largest absolute Gasteiger partial charge is 0.545 e. The number of unbranched alkanes of at least 4 members (excludes halogenated alkanes) is 35. The normalized spacial score (nSPS) is 13.0. The summed E-state index contributed by atoms with van der Waals surface area (Å²) in [4.78, 5) is 37.3. The molecule has 0 fully saturated rings. The zero-order chi connectivity index (χ0) is 52.0. The first kappa shape index (κ1) is 68.5. The molecule has 0 aromatic carbocycles. The topological polar surface area (TPSA) is 111 Å². The van der Waals surface area contributed by atoms with E-state index in [0.717, 1.165) is 51.4 Å². The predicted octanol–water partition coefficient (Wildman–Crippen LogP) is 16.3. The fraction of sp³-hybridized carbons (Fsp3) is 0.855. The molecular weight excluding hydrogens is 887 g/mol. The van der Waals surface area contributed by atoms with E-state index in [4.69, 9.17) is 18.9 Å². The van der Waals surface area contributed by atoms with Gasteiger partial charge in [-0.1, -0.05) is 237 Å². The molecule has 416 valence electrons. The van der Waals surface area contributed by atoms with Gasteiger partial charge in [0.15, 0.2) is 12.4 Å². The predicted molar refractivity (Wildman–Crippen MR) is 297 cm³/mol. The van der Waals surface area contributed by atoms with Gasteiger partial charge in [-0.3, -0.25) is 9.59 Å². The lowest BCUT2D eigenvalue weighted by Gasteiger charge is -2.26. The summed E-state index contributed by atoms with van der Waals surface area (Å²) in [5.41, 5.74) is 0. The Morgan fingerprint density at radius 2 is 0.761 bits per heavy atom. The van der Waals surface area contributed by atoms with Crippen LogP contribution in [0.2, 0.25) is 0 Å². The van der Waals surface area contributed by atoms with Gasteiger partial charge >= 0.3 is 11.9 Å². The number of carbonyl (C=O) groups is 3. The number of carbonyl (C=O) groups excluding carboxylic acids is 3. The minimum absolute atomic E-state index is 0.148. The van der Waals surface area contributed by atoms with Gasteiger partial charge in [-0.15, -0.1) is 0 Å². The third kappa shape index (κ3) is 55.1. The van der Waals surface area contributed by atoms with Crippen LogP contribution in [0.3, 0.4) is 0 Å². The van der Waals surface area contributed by atoms with Crippen LogP contribution < -0.4 is 5.11 Å². The highest BCUT2D eigenvalue weighted by Gasteiger charge is 2.22. The van der Waals surface area contributed by atoms with Crippen LogP contribution in [-0.4, -0.2) is 82.3 Å². The van der Waals surface area contributed by atoms with Gasteiger partial charge in [0.2, 0.25) is 0 Å². The Bertz CT molecular complexity index is 1260. The number of hydrogen-bond donors (Lipinski definition) is 0. The molecule has 9 heteroatoms. The molecule has 71 heavy (non-hydrogen) atoms. The number of aliphatic carboxylic acids is 1. The highest BCUT2D eigenvalue weighted by atomic mass is 16.7. The van der Waals surface area contributed by atoms with E-state index in [1.165, 1.54) is 199 Å². The van der Waals surface area contributed by atoms with Crippen LogP contribution in [0.5, 0.6) is 0 Å². The highest BCUT2D eigenvalue weighted by molar-refractivity contribution is 5.70. The molecule has 0 bridgehead atoms. The molecule has 2 atom stereocenters. The van der Waals surface area contributed by atoms with Crippen LogP contribution in [0.1, 0.15) is 284 Å². The van der Waals surface area contributed by atoms with Gasteiger partial charge < -0.3 is 33.3 Å². The SMILES string of the molecule is CCCCC/C=C\C/C=C\CCCCCCCCCCCC(=O)OC(COC(=O)CCCCCCCCCCCCCCCCC/C=C\CCCCCCCCCC)COC(OCC[N+](C)(C)C)C(=O)[O-]. The van der Waals surface area contributed by atoms with Crippen LogP contribution in [0.25, 0.3) is 0 Å². The quantitative estimate of drug-likeness (QED) is 0.0195. The third-order valence-electron chi connectivity index (χ3n) is 13.4. The van der Waals surface area contributed by atoms with E-state index in [9.17, 15) is 19.5 Å². The van der Waals surface area contributed by atoms with Gasteiger partial charge in [-0.25, -0.2) is 0 Å². The second kappa shape index (κ2) is 53.8. The fourth-order valence-electron chi connectivity index (χ4n) is 8.68. The average molecular weight is 1000 g/mol. The van der Waals surface area contributed by atoms with Crippen molar-refractivity contribution in [1.29, 1.82) is 0 Å². The van der Waals surface area contributed by atoms with Crippen molar-refractivity contribution in [3.8, 4) is 0 Å².